The molecule has 0 unspecified atom stereocenters. The number of amides is 1. The van der Waals surface area contributed by atoms with Crippen LogP contribution in [-0.4, -0.2) is 11.7 Å². The summed E-state index contributed by atoms with van der Waals surface area (Å²) in [6.07, 6.45) is 1.62. The Morgan fingerprint density at radius 2 is 2.26 bits per heavy atom. The van der Waals surface area contributed by atoms with Gasteiger partial charge in [-0.25, -0.2) is 0 Å². The average molecular weight is 297 g/mol. The molecule has 0 aliphatic heterocycles. The molecule has 2 aromatic rings. The summed E-state index contributed by atoms with van der Waals surface area (Å²) in [4.78, 5) is 11.7. The molecule has 0 aliphatic carbocycles. The van der Waals surface area contributed by atoms with Gasteiger partial charge in [-0.3, -0.25) is 4.79 Å². The number of carbonyl (C=O) groups is 1. The fourth-order valence-electron chi connectivity index (χ4n) is 1.47. The van der Waals surface area contributed by atoms with Crippen LogP contribution in [0.1, 0.15) is 5.76 Å². The van der Waals surface area contributed by atoms with E-state index >= 15 is 0 Å². The van der Waals surface area contributed by atoms with Crippen LogP contribution < -0.4 is 11.1 Å². The number of rotatable bonds is 5. The number of carbonyl (C=O) groups excluding carboxylic acids is 1. The first-order valence-electron chi connectivity index (χ1n) is 5.60. The highest BCUT2D eigenvalue weighted by molar-refractivity contribution is 7.99. The molecule has 0 fully saturated rings. The zero-order valence-electron chi connectivity index (χ0n) is 10.1. The van der Waals surface area contributed by atoms with Crippen LogP contribution in [0.15, 0.2) is 41.0 Å². The van der Waals surface area contributed by atoms with Crippen LogP contribution in [0.4, 0.5) is 11.4 Å². The number of hydrogen-bond donors (Lipinski definition) is 2. The maximum absolute atomic E-state index is 11.7. The minimum Gasteiger partial charge on any atom is -0.468 e. The summed E-state index contributed by atoms with van der Waals surface area (Å²) in [6, 6.07) is 8.68. The summed E-state index contributed by atoms with van der Waals surface area (Å²) in [5, 5.41) is 3.29. The SMILES string of the molecule is Nc1cc(Cl)ccc1NC(=O)CSCc1ccco1. The molecule has 1 aromatic heterocycles. The third kappa shape index (κ3) is 4.22. The molecule has 4 nitrogen and oxygen atoms in total. The topological polar surface area (TPSA) is 68.3 Å². The van der Waals surface area contributed by atoms with E-state index in [1.807, 2.05) is 12.1 Å². The first kappa shape index (κ1) is 13.8. The van der Waals surface area contributed by atoms with Gasteiger partial charge in [-0.2, -0.15) is 0 Å². The Balaban J connectivity index is 1.80. The molecule has 2 rings (SSSR count). The lowest BCUT2D eigenvalue weighted by Crippen LogP contribution is -2.15. The summed E-state index contributed by atoms with van der Waals surface area (Å²) in [7, 11) is 0. The van der Waals surface area contributed by atoms with Crippen molar-refractivity contribution >= 4 is 40.6 Å². The molecular weight excluding hydrogens is 284 g/mol. The van der Waals surface area contributed by atoms with E-state index in [0.29, 0.717) is 27.9 Å². The molecule has 1 heterocycles. The van der Waals surface area contributed by atoms with Gasteiger partial charge < -0.3 is 15.5 Å². The van der Waals surface area contributed by atoms with Gasteiger partial charge in [0, 0.05) is 5.02 Å². The quantitative estimate of drug-likeness (QED) is 0.830. The zero-order chi connectivity index (χ0) is 13.7. The first-order chi connectivity index (χ1) is 9.15. The van der Waals surface area contributed by atoms with Crippen molar-refractivity contribution in [2.75, 3.05) is 16.8 Å². The molecule has 0 atom stereocenters. The van der Waals surface area contributed by atoms with Crippen LogP contribution in [0.5, 0.6) is 0 Å². The molecule has 1 aromatic carbocycles. The van der Waals surface area contributed by atoms with Gasteiger partial charge in [-0.15, -0.1) is 11.8 Å². The molecule has 0 spiro atoms. The first-order valence-corrected chi connectivity index (χ1v) is 7.13. The van der Waals surface area contributed by atoms with Gasteiger partial charge in [0.25, 0.3) is 0 Å². The number of anilines is 2. The minimum absolute atomic E-state index is 0.106. The molecule has 0 radical (unpaired) electrons. The highest BCUT2D eigenvalue weighted by Gasteiger charge is 2.06. The van der Waals surface area contributed by atoms with E-state index in [2.05, 4.69) is 5.32 Å². The second kappa shape index (κ2) is 6.54. The summed E-state index contributed by atoms with van der Waals surface area (Å²) in [6.45, 7) is 0. The maximum atomic E-state index is 11.7. The monoisotopic (exact) mass is 296 g/mol. The van der Waals surface area contributed by atoms with Gasteiger partial charge in [-0.05, 0) is 30.3 Å². The lowest BCUT2D eigenvalue weighted by atomic mass is 10.2. The van der Waals surface area contributed by atoms with Gasteiger partial charge in [-0.1, -0.05) is 11.6 Å². The van der Waals surface area contributed by atoms with E-state index in [-0.39, 0.29) is 5.91 Å². The van der Waals surface area contributed by atoms with Gasteiger partial charge in [0.2, 0.25) is 5.91 Å². The van der Waals surface area contributed by atoms with Crippen molar-refractivity contribution in [1.29, 1.82) is 0 Å². The Kier molecular flexibility index (Phi) is 4.76. The van der Waals surface area contributed by atoms with Gasteiger partial charge in [0.15, 0.2) is 0 Å². The molecule has 0 saturated heterocycles. The molecule has 100 valence electrons. The number of nitrogens with one attached hydrogen (secondary N) is 1. The third-order valence-corrected chi connectivity index (χ3v) is 3.54. The van der Waals surface area contributed by atoms with Crippen LogP contribution in [0.25, 0.3) is 0 Å². The number of nitrogen functional groups attached to an aromatic ring is 1. The fraction of sp³-hybridized carbons (Fsp3) is 0.154. The van der Waals surface area contributed by atoms with Crippen molar-refractivity contribution in [1.82, 2.24) is 0 Å². The number of hydrogen-bond acceptors (Lipinski definition) is 4. The van der Waals surface area contributed by atoms with E-state index in [4.69, 9.17) is 21.8 Å². The lowest BCUT2D eigenvalue weighted by molar-refractivity contribution is -0.113. The summed E-state index contributed by atoms with van der Waals surface area (Å²) < 4.78 is 5.18. The Bertz CT molecular complexity index is 558. The number of nitrogens with two attached hydrogens (primary N) is 1. The van der Waals surface area contributed by atoms with E-state index in [9.17, 15) is 4.79 Å². The predicted molar refractivity (Wildman–Crippen MR) is 79.4 cm³/mol. The minimum atomic E-state index is -0.106. The lowest BCUT2D eigenvalue weighted by Gasteiger charge is -2.08. The largest absolute Gasteiger partial charge is 0.468 e. The molecule has 19 heavy (non-hydrogen) atoms. The van der Waals surface area contributed by atoms with E-state index < -0.39 is 0 Å². The number of halogens is 1. The highest BCUT2D eigenvalue weighted by Crippen LogP contribution is 2.23. The molecule has 6 heteroatoms. The Morgan fingerprint density at radius 1 is 1.42 bits per heavy atom. The van der Waals surface area contributed by atoms with Crippen molar-refractivity contribution in [3.05, 3.63) is 47.4 Å². The zero-order valence-corrected chi connectivity index (χ0v) is 11.6. The molecule has 1 amide bonds. The fourth-order valence-corrected chi connectivity index (χ4v) is 2.38. The van der Waals surface area contributed by atoms with Crippen LogP contribution in [0, 0.1) is 0 Å². The number of benzene rings is 1. The van der Waals surface area contributed by atoms with Gasteiger partial charge >= 0.3 is 0 Å². The Hall–Kier alpha value is -1.59. The van der Waals surface area contributed by atoms with Gasteiger partial charge in [0.05, 0.1) is 29.1 Å². The maximum Gasteiger partial charge on any atom is 0.234 e. The molecule has 0 bridgehead atoms. The van der Waals surface area contributed by atoms with Crippen molar-refractivity contribution < 1.29 is 9.21 Å². The average Bonchev–Trinajstić information content (AvgIpc) is 2.86. The second-order valence-corrected chi connectivity index (χ2v) is 5.27. The normalized spacial score (nSPS) is 10.4. The van der Waals surface area contributed by atoms with Crippen LogP contribution in [0.2, 0.25) is 5.02 Å². The van der Waals surface area contributed by atoms with E-state index in [1.165, 1.54) is 11.8 Å². The number of furan rings is 1. The Morgan fingerprint density at radius 3 is 2.95 bits per heavy atom. The summed E-state index contributed by atoms with van der Waals surface area (Å²) in [5.74, 6) is 1.74. The smallest absolute Gasteiger partial charge is 0.234 e. The molecule has 0 saturated carbocycles. The predicted octanol–water partition coefficient (Wildman–Crippen LogP) is 3.39. The second-order valence-electron chi connectivity index (χ2n) is 3.85. The molecular formula is C13H13ClN2O2S. The third-order valence-electron chi connectivity index (χ3n) is 2.35. The van der Waals surface area contributed by atoms with Crippen LogP contribution in [-0.2, 0) is 10.5 Å². The van der Waals surface area contributed by atoms with Crippen molar-refractivity contribution in [2.45, 2.75) is 5.75 Å². The highest BCUT2D eigenvalue weighted by atomic mass is 35.5. The number of thioether (sulfide) groups is 1. The van der Waals surface area contributed by atoms with E-state index in [0.717, 1.165) is 5.76 Å². The van der Waals surface area contributed by atoms with Crippen LogP contribution >= 0.6 is 23.4 Å². The summed E-state index contributed by atoms with van der Waals surface area (Å²) >= 11 is 7.26. The van der Waals surface area contributed by atoms with Crippen molar-refractivity contribution in [3.63, 3.8) is 0 Å². The van der Waals surface area contributed by atoms with Crippen molar-refractivity contribution in [2.24, 2.45) is 0 Å². The molecule has 3 N–H and O–H groups in total. The van der Waals surface area contributed by atoms with Gasteiger partial charge in [0.1, 0.15) is 5.76 Å². The summed E-state index contributed by atoms with van der Waals surface area (Å²) in [5.41, 5.74) is 6.79. The Labute approximate surface area is 120 Å². The van der Waals surface area contributed by atoms with Crippen LogP contribution in [0.3, 0.4) is 0 Å². The molecule has 0 aliphatic rings. The standard InChI is InChI=1S/C13H13ClN2O2S/c14-9-3-4-12(11(15)6-9)16-13(17)8-19-7-10-2-1-5-18-10/h1-6H,7-8,15H2,(H,16,17). The van der Waals surface area contributed by atoms with E-state index in [1.54, 1.807) is 24.5 Å². The van der Waals surface area contributed by atoms with Crippen molar-refractivity contribution in [3.8, 4) is 0 Å².